The number of carbonyl (C=O) groups is 2. The van der Waals surface area contributed by atoms with Gasteiger partial charge in [0.05, 0.1) is 5.69 Å². The first-order valence-electron chi connectivity index (χ1n) is 10.5. The van der Waals surface area contributed by atoms with E-state index >= 15 is 0 Å². The molecule has 1 saturated heterocycles. The molecule has 3 aromatic rings. The van der Waals surface area contributed by atoms with E-state index in [9.17, 15) is 9.59 Å². The van der Waals surface area contributed by atoms with Gasteiger partial charge >= 0.3 is 5.97 Å². The van der Waals surface area contributed by atoms with Crippen LogP contribution in [-0.2, 0) is 23.1 Å². The van der Waals surface area contributed by atoms with Crippen LogP contribution in [0, 0.1) is 6.92 Å². The molecule has 2 aliphatic heterocycles. The molecule has 9 nitrogen and oxygen atoms in total. The van der Waals surface area contributed by atoms with Gasteiger partial charge in [0.1, 0.15) is 9.71 Å². The summed E-state index contributed by atoms with van der Waals surface area (Å²) in [7, 11) is 1.84. The summed E-state index contributed by atoms with van der Waals surface area (Å²) in [5.41, 5.74) is 2.02. The van der Waals surface area contributed by atoms with Gasteiger partial charge in [-0.1, -0.05) is 6.07 Å². The molecular formula is C22H24N4O5S. The van der Waals surface area contributed by atoms with Gasteiger partial charge in [0.15, 0.2) is 18.1 Å². The summed E-state index contributed by atoms with van der Waals surface area (Å²) >= 11 is 1.33. The van der Waals surface area contributed by atoms with Gasteiger partial charge in [0.25, 0.3) is 5.91 Å². The number of ether oxygens (including phenoxy) is 3. The Morgan fingerprint density at radius 2 is 1.91 bits per heavy atom. The minimum absolute atomic E-state index is 0.167. The average molecular weight is 457 g/mol. The number of amides is 1. The second-order valence-corrected chi connectivity index (χ2v) is 8.99. The van der Waals surface area contributed by atoms with Crippen molar-refractivity contribution in [1.82, 2.24) is 19.6 Å². The quantitative estimate of drug-likeness (QED) is 0.544. The molecule has 2 aliphatic rings. The molecule has 1 fully saturated rings. The molecule has 0 bridgehead atoms. The van der Waals surface area contributed by atoms with Gasteiger partial charge in [0, 0.05) is 45.2 Å². The molecule has 0 N–H and O–H groups in total. The van der Waals surface area contributed by atoms with Crippen LogP contribution in [0.4, 0.5) is 0 Å². The van der Waals surface area contributed by atoms with Crippen molar-refractivity contribution in [3.63, 3.8) is 0 Å². The van der Waals surface area contributed by atoms with E-state index in [0.717, 1.165) is 52.6 Å². The SMILES string of the molecule is Cc1nn(C)c2sc(C(=O)OCC(=O)N3CCN(Cc4ccc5c(c4)OCO5)CC3)cc12. The van der Waals surface area contributed by atoms with E-state index in [1.54, 1.807) is 15.6 Å². The van der Waals surface area contributed by atoms with Crippen LogP contribution in [0.3, 0.4) is 0 Å². The molecule has 10 heteroatoms. The lowest BCUT2D eigenvalue weighted by Gasteiger charge is -2.34. The number of aromatic nitrogens is 2. The average Bonchev–Trinajstić information content (AvgIpc) is 3.50. The lowest BCUT2D eigenvalue weighted by molar-refractivity contribution is -0.136. The molecule has 0 unspecified atom stereocenters. The van der Waals surface area contributed by atoms with Crippen molar-refractivity contribution in [2.75, 3.05) is 39.6 Å². The van der Waals surface area contributed by atoms with E-state index in [1.807, 2.05) is 32.2 Å². The molecule has 5 rings (SSSR count). The summed E-state index contributed by atoms with van der Waals surface area (Å²) in [4.78, 5) is 30.4. The zero-order chi connectivity index (χ0) is 22.2. The monoisotopic (exact) mass is 456 g/mol. The molecule has 0 radical (unpaired) electrons. The molecule has 1 amide bonds. The topological polar surface area (TPSA) is 86.1 Å². The second kappa shape index (κ2) is 8.44. The maximum Gasteiger partial charge on any atom is 0.348 e. The maximum atomic E-state index is 12.5. The zero-order valence-corrected chi connectivity index (χ0v) is 18.8. The largest absolute Gasteiger partial charge is 0.454 e. The van der Waals surface area contributed by atoms with Gasteiger partial charge < -0.3 is 19.1 Å². The lowest BCUT2D eigenvalue weighted by Crippen LogP contribution is -2.49. The van der Waals surface area contributed by atoms with Crippen molar-refractivity contribution in [3.05, 3.63) is 40.4 Å². The number of hydrogen-bond donors (Lipinski definition) is 0. The highest BCUT2D eigenvalue weighted by molar-refractivity contribution is 7.20. The first-order valence-corrected chi connectivity index (χ1v) is 11.3. The Kier molecular flexibility index (Phi) is 5.48. The van der Waals surface area contributed by atoms with Crippen LogP contribution >= 0.6 is 11.3 Å². The molecule has 0 spiro atoms. The van der Waals surface area contributed by atoms with E-state index in [0.29, 0.717) is 18.0 Å². The number of thiophene rings is 1. The van der Waals surface area contributed by atoms with Crippen LogP contribution in [0.25, 0.3) is 10.2 Å². The number of aryl methyl sites for hydroxylation is 2. The highest BCUT2D eigenvalue weighted by Gasteiger charge is 2.24. The Bertz CT molecular complexity index is 1140. The van der Waals surface area contributed by atoms with Gasteiger partial charge in [-0.05, 0) is 30.7 Å². The fraction of sp³-hybridized carbons (Fsp3) is 0.409. The first kappa shape index (κ1) is 20.8. The van der Waals surface area contributed by atoms with Crippen molar-refractivity contribution < 1.29 is 23.8 Å². The molecular weight excluding hydrogens is 432 g/mol. The number of nitrogens with zero attached hydrogens (tertiary/aromatic N) is 4. The molecule has 4 heterocycles. The minimum Gasteiger partial charge on any atom is -0.454 e. The lowest BCUT2D eigenvalue weighted by atomic mass is 10.1. The maximum absolute atomic E-state index is 12.5. The summed E-state index contributed by atoms with van der Waals surface area (Å²) in [6, 6.07) is 7.76. The Labute approximate surface area is 189 Å². The van der Waals surface area contributed by atoms with Crippen molar-refractivity contribution in [1.29, 1.82) is 0 Å². The normalized spacial score (nSPS) is 16.0. The standard InChI is InChI=1S/C22H24N4O5S/c1-14-16-10-19(32-21(16)24(2)23-14)22(28)29-12-20(27)26-7-5-25(6-8-26)11-15-3-4-17-18(9-15)31-13-30-17/h3-4,9-10H,5-8,11-13H2,1-2H3. The van der Waals surface area contributed by atoms with Crippen molar-refractivity contribution >= 4 is 33.4 Å². The van der Waals surface area contributed by atoms with E-state index < -0.39 is 5.97 Å². The van der Waals surface area contributed by atoms with Gasteiger partial charge in [-0.15, -0.1) is 11.3 Å². The Morgan fingerprint density at radius 1 is 1.12 bits per heavy atom. The Balaban J connectivity index is 1.10. The highest BCUT2D eigenvalue weighted by Crippen LogP contribution is 2.33. The van der Waals surface area contributed by atoms with Crippen LogP contribution in [0.1, 0.15) is 20.9 Å². The van der Waals surface area contributed by atoms with Crippen LogP contribution in [0.2, 0.25) is 0 Å². The van der Waals surface area contributed by atoms with Crippen molar-refractivity contribution in [2.24, 2.45) is 7.05 Å². The summed E-state index contributed by atoms with van der Waals surface area (Å²) in [6.07, 6.45) is 0. The van der Waals surface area contributed by atoms with Crippen molar-refractivity contribution in [3.8, 4) is 11.5 Å². The molecule has 1 aromatic carbocycles. The second-order valence-electron chi connectivity index (χ2n) is 7.96. The number of benzene rings is 1. The highest BCUT2D eigenvalue weighted by atomic mass is 32.1. The van der Waals surface area contributed by atoms with E-state index in [4.69, 9.17) is 14.2 Å². The third-order valence-electron chi connectivity index (χ3n) is 5.79. The van der Waals surface area contributed by atoms with Crippen LogP contribution in [0.15, 0.2) is 24.3 Å². The smallest absolute Gasteiger partial charge is 0.348 e. The summed E-state index contributed by atoms with van der Waals surface area (Å²) in [6.45, 7) is 5.45. The Morgan fingerprint density at radius 3 is 2.69 bits per heavy atom. The van der Waals surface area contributed by atoms with Crippen molar-refractivity contribution in [2.45, 2.75) is 13.5 Å². The summed E-state index contributed by atoms with van der Waals surface area (Å²) in [5.74, 6) is 0.921. The first-order chi connectivity index (χ1) is 15.5. The number of fused-ring (bicyclic) bond motifs is 2. The van der Waals surface area contributed by atoms with E-state index in [1.165, 1.54) is 11.3 Å². The van der Waals surface area contributed by atoms with E-state index in [-0.39, 0.29) is 19.3 Å². The third-order valence-corrected chi connectivity index (χ3v) is 6.97. The molecule has 168 valence electrons. The van der Waals surface area contributed by atoms with E-state index in [2.05, 4.69) is 10.00 Å². The van der Waals surface area contributed by atoms with Gasteiger partial charge in [-0.3, -0.25) is 14.4 Å². The molecule has 0 aliphatic carbocycles. The number of hydrogen-bond acceptors (Lipinski definition) is 8. The van der Waals surface area contributed by atoms with Crippen LogP contribution in [0.5, 0.6) is 11.5 Å². The third kappa shape index (κ3) is 4.03. The fourth-order valence-electron chi connectivity index (χ4n) is 4.05. The minimum atomic E-state index is -0.472. The summed E-state index contributed by atoms with van der Waals surface area (Å²) < 4.78 is 17.8. The summed E-state index contributed by atoms with van der Waals surface area (Å²) in [5, 5.41) is 5.27. The number of rotatable bonds is 5. The number of esters is 1. The van der Waals surface area contributed by atoms with Gasteiger partial charge in [-0.25, -0.2) is 4.79 Å². The zero-order valence-electron chi connectivity index (χ0n) is 18.0. The van der Waals surface area contributed by atoms with Gasteiger partial charge in [0.2, 0.25) is 6.79 Å². The molecule has 32 heavy (non-hydrogen) atoms. The Hall–Kier alpha value is -3.11. The van der Waals surface area contributed by atoms with Crippen LogP contribution < -0.4 is 9.47 Å². The fourth-order valence-corrected chi connectivity index (χ4v) is 5.07. The predicted molar refractivity (Wildman–Crippen MR) is 118 cm³/mol. The molecule has 0 saturated carbocycles. The molecule has 2 aromatic heterocycles. The van der Waals surface area contributed by atoms with Crippen LogP contribution in [-0.4, -0.2) is 71.0 Å². The van der Waals surface area contributed by atoms with Gasteiger partial charge in [-0.2, -0.15) is 5.10 Å². The predicted octanol–water partition coefficient (Wildman–Crippen LogP) is 2.17. The number of piperazine rings is 1. The number of carbonyl (C=O) groups excluding carboxylic acids is 2. The molecule has 0 atom stereocenters.